The fourth-order valence-corrected chi connectivity index (χ4v) is 6.18. The number of aromatic nitrogens is 2. The number of piperazine rings is 1. The van der Waals surface area contributed by atoms with E-state index in [1.54, 1.807) is 18.4 Å². The summed E-state index contributed by atoms with van der Waals surface area (Å²) in [5.74, 6) is 1.58. The number of hydrogen-bond donors (Lipinski definition) is 1. The molecule has 7 nitrogen and oxygen atoms in total. The Kier molecular flexibility index (Phi) is 6.35. The predicted octanol–water partition coefficient (Wildman–Crippen LogP) is 3.54. The van der Waals surface area contributed by atoms with Crippen LogP contribution in [0.2, 0.25) is 0 Å². The minimum Gasteiger partial charge on any atom is -0.497 e. The molecule has 2 aromatic heterocycles. The zero-order valence-electron chi connectivity index (χ0n) is 19.1. The van der Waals surface area contributed by atoms with Crippen LogP contribution in [0.3, 0.4) is 0 Å². The number of aryl methyl sites for hydroxylation is 3. The standard InChI is InChI=1S/C25H30N4O3S/c1-32-18-9-7-17(8-10-18)28-13-15-29(16-14-28)22(30)12-11-21-26-24(31)23-19-5-3-2-4-6-20(19)33-25(23)27-21/h7-10H,2-6,11-16H2,1H3,(H,26,27,31). The zero-order valence-corrected chi connectivity index (χ0v) is 19.9. The molecule has 5 rings (SSSR count). The number of rotatable bonds is 5. The highest BCUT2D eigenvalue weighted by atomic mass is 32.1. The van der Waals surface area contributed by atoms with Crippen molar-refractivity contribution in [3.05, 3.63) is 50.9 Å². The van der Waals surface area contributed by atoms with Crippen molar-refractivity contribution in [3.63, 3.8) is 0 Å². The monoisotopic (exact) mass is 466 g/mol. The number of nitrogens with one attached hydrogen (secondary N) is 1. The zero-order chi connectivity index (χ0) is 22.8. The van der Waals surface area contributed by atoms with Gasteiger partial charge in [0.2, 0.25) is 5.91 Å². The van der Waals surface area contributed by atoms with Gasteiger partial charge < -0.3 is 19.5 Å². The maximum Gasteiger partial charge on any atom is 0.259 e. The molecule has 8 heteroatoms. The second kappa shape index (κ2) is 9.55. The second-order valence-corrected chi connectivity index (χ2v) is 9.91. The molecule has 1 saturated heterocycles. The smallest absolute Gasteiger partial charge is 0.259 e. The Morgan fingerprint density at radius 2 is 1.85 bits per heavy atom. The van der Waals surface area contributed by atoms with Crippen molar-refractivity contribution in [2.75, 3.05) is 38.2 Å². The van der Waals surface area contributed by atoms with Gasteiger partial charge in [0.25, 0.3) is 5.56 Å². The SMILES string of the molecule is COc1ccc(N2CCN(C(=O)CCc3nc4sc5c(c4c(=O)[nH]3)CCCCC5)CC2)cc1. The molecule has 1 aromatic carbocycles. The summed E-state index contributed by atoms with van der Waals surface area (Å²) in [6.45, 7) is 3.01. The summed E-state index contributed by atoms with van der Waals surface area (Å²) in [6, 6.07) is 8.03. The molecule has 174 valence electrons. The Morgan fingerprint density at radius 1 is 1.09 bits per heavy atom. The first kappa shape index (κ1) is 21.9. The topological polar surface area (TPSA) is 78.5 Å². The highest BCUT2D eigenvalue weighted by molar-refractivity contribution is 7.18. The van der Waals surface area contributed by atoms with Gasteiger partial charge in [-0.1, -0.05) is 6.42 Å². The van der Waals surface area contributed by atoms with E-state index in [2.05, 4.69) is 22.0 Å². The maximum atomic E-state index is 12.8. The number of carbonyl (C=O) groups excluding carboxylic acids is 1. The number of thiophene rings is 1. The van der Waals surface area contributed by atoms with Gasteiger partial charge in [0.05, 0.1) is 12.5 Å². The highest BCUT2D eigenvalue weighted by Crippen LogP contribution is 2.32. The number of anilines is 1. The van der Waals surface area contributed by atoms with Gasteiger partial charge in [-0.05, 0) is 55.5 Å². The second-order valence-electron chi connectivity index (χ2n) is 8.82. The molecule has 3 heterocycles. The molecule has 1 aliphatic heterocycles. The quantitative estimate of drug-likeness (QED) is 0.582. The molecular weight excluding hydrogens is 436 g/mol. The van der Waals surface area contributed by atoms with E-state index in [0.717, 1.165) is 54.0 Å². The third kappa shape index (κ3) is 4.62. The van der Waals surface area contributed by atoms with Gasteiger partial charge in [-0.3, -0.25) is 9.59 Å². The van der Waals surface area contributed by atoms with Crippen LogP contribution in [-0.2, 0) is 24.1 Å². The number of hydrogen-bond acceptors (Lipinski definition) is 6. The first-order valence-corrected chi connectivity index (χ1v) is 12.6. The van der Waals surface area contributed by atoms with Crippen molar-refractivity contribution in [1.82, 2.24) is 14.9 Å². The van der Waals surface area contributed by atoms with E-state index in [9.17, 15) is 9.59 Å². The molecule has 0 radical (unpaired) electrons. The average Bonchev–Trinajstić information content (AvgIpc) is 3.04. The van der Waals surface area contributed by atoms with Crippen LogP contribution in [0, 0.1) is 0 Å². The number of benzene rings is 1. The molecule has 0 bridgehead atoms. The van der Waals surface area contributed by atoms with Crippen molar-refractivity contribution in [1.29, 1.82) is 0 Å². The molecule has 2 aliphatic rings. The number of carbonyl (C=O) groups is 1. The Morgan fingerprint density at radius 3 is 2.61 bits per heavy atom. The van der Waals surface area contributed by atoms with Crippen molar-refractivity contribution in [3.8, 4) is 5.75 Å². The van der Waals surface area contributed by atoms with Gasteiger partial charge in [0.1, 0.15) is 16.4 Å². The number of H-pyrrole nitrogens is 1. The van der Waals surface area contributed by atoms with Gasteiger partial charge in [-0.25, -0.2) is 4.98 Å². The summed E-state index contributed by atoms with van der Waals surface area (Å²) in [5.41, 5.74) is 2.31. The van der Waals surface area contributed by atoms with Crippen LogP contribution in [0.1, 0.15) is 41.9 Å². The summed E-state index contributed by atoms with van der Waals surface area (Å²) in [6.07, 6.45) is 6.40. The van der Waals surface area contributed by atoms with Crippen LogP contribution >= 0.6 is 11.3 Å². The van der Waals surface area contributed by atoms with Gasteiger partial charge >= 0.3 is 0 Å². The lowest BCUT2D eigenvalue weighted by Gasteiger charge is -2.36. The lowest BCUT2D eigenvalue weighted by atomic mass is 10.1. The molecule has 33 heavy (non-hydrogen) atoms. The number of fused-ring (bicyclic) bond motifs is 3. The van der Waals surface area contributed by atoms with Crippen molar-refractivity contribution in [2.45, 2.75) is 44.9 Å². The summed E-state index contributed by atoms with van der Waals surface area (Å²) in [4.78, 5) is 39.7. The number of methoxy groups -OCH3 is 1. The molecule has 0 spiro atoms. The molecular formula is C25H30N4O3S. The van der Waals surface area contributed by atoms with Crippen molar-refractivity contribution >= 4 is 33.1 Å². The molecule has 1 N–H and O–H groups in total. The van der Waals surface area contributed by atoms with Crippen LogP contribution in [0.4, 0.5) is 5.69 Å². The Balaban J connectivity index is 1.19. The van der Waals surface area contributed by atoms with Crippen molar-refractivity contribution in [2.24, 2.45) is 0 Å². The summed E-state index contributed by atoms with van der Waals surface area (Å²) >= 11 is 1.66. The van der Waals surface area contributed by atoms with Gasteiger partial charge in [-0.15, -0.1) is 11.3 Å². The minimum atomic E-state index is -0.0463. The van der Waals surface area contributed by atoms with E-state index >= 15 is 0 Å². The number of ether oxygens (including phenoxy) is 1. The molecule has 0 saturated carbocycles. The van der Waals surface area contributed by atoms with Crippen molar-refractivity contribution < 1.29 is 9.53 Å². The molecule has 0 unspecified atom stereocenters. The van der Waals surface area contributed by atoms with Crippen LogP contribution in [-0.4, -0.2) is 54.1 Å². The lowest BCUT2D eigenvalue weighted by Crippen LogP contribution is -2.48. The summed E-state index contributed by atoms with van der Waals surface area (Å²) in [7, 11) is 1.66. The number of amides is 1. The number of nitrogens with zero attached hydrogens (tertiary/aromatic N) is 3. The first-order chi connectivity index (χ1) is 16.1. The summed E-state index contributed by atoms with van der Waals surface area (Å²) in [5, 5.41) is 0.779. The molecule has 0 atom stereocenters. The highest BCUT2D eigenvalue weighted by Gasteiger charge is 2.22. The average molecular weight is 467 g/mol. The van der Waals surface area contributed by atoms with Gasteiger partial charge in [0.15, 0.2) is 0 Å². The fraction of sp³-hybridized carbons (Fsp3) is 0.480. The van der Waals surface area contributed by atoms with Crippen LogP contribution < -0.4 is 15.2 Å². The first-order valence-electron chi connectivity index (χ1n) is 11.8. The van der Waals surface area contributed by atoms with Gasteiger partial charge in [0, 0.05) is 49.6 Å². The maximum absolute atomic E-state index is 12.8. The summed E-state index contributed by atoms with van der Waals surface area (Å²) < 4.78 is 5.23. The molecule has 1 fully saturated rings. The third-order valence-electron chi connectivity index (χ3n) is 6.77. The van der Waals surface area contributed by atoms with E-state index in [1.165, 1.54) is 23.3 Å². The Hall–Kier alpha value is -2.87. The van der Waals surface area contributed by atoms with Crippen LogP contribution in [0.25, 0.3) is 10.2 Å². The lowest BCUT2D eigenvalue weighted by molar-refractivity contribution is -0.131. The minimum absolute atomic E-state index is 0.0463. The predicted molar refractivity (Wildman–Crippen MR) is 132 cm³/mol. The van der Waals surface area contributed by atoms with E-state index < -0.39 is 0 Å². The normalized spacial score (nSPS) is 16.5. The molecule has 1 amide bonds. The Bertz CT molecular complexity index is 1190. The van der Waals surface area contributed by atoms with E-state index in [1.807, 2.05) is 17.0 Å². The molecule has 1 aliphatic carbocycles. The van der Waals surface area contributed by atoms with E-state index in [-0.39, 0.29) is 11.5 Å². The van der Waals surface area contributed by atoms with Crippen LogP contribution in [0.5, 0.6) is 5.75 Å². The van der Waals surface area contributed by atoms with E-state index in [0.29, 0.717) is 31.8 Å². The number of aromatic amines is 1. The third-order valence-corrected chi connectivity index (χ3v) is 7.96. The largest absolute Gasteiger partial charge is 0.497 e. The van der Waals surface area contributed by atoms with Gasteiger partial charge in [-0.2, -0.15) is 0 Å². The molecule has 3 aromatic rings. The fourth-order valence-electron chi connectivity index (χ4n) is 4.89. The van der Waals surface area contributed by atoms with E-state index in [4.69, 9.17) is 9.72 Å². The Labute approximate surface area is 197 Å². The van der Waals surface area contributed by atoms with Crippen LogP contribution in [0.15, 0.2) is 29.1 Å².